The van der Waals surface area contributed by atoms with Crippen molar-refractivity contribution in [2.45, 2.75) is 69.6 Å². The normalized spacial score (nSPS) is 16.3. The Morgan fingerprint density at radius 1 is 1.14 bits per heavy atom. The Labute approximate surface area is 208 Å². The van der Waals surface area contributed by atoms with E-state index in [0.29, 0.717) is 35.9 Å². The highest BCUT2D eigenvalue weighted by Crippen LogP contribution is 2.40. The summed E-state index contributed by atoms with van der Waals surface area (Å²) in [7, 11) is -2.01. The molecule has 0 amide bonds. The molecule has 0 spiro atoms. The van der Waals surface area contributed by atoms with Gasteiger partial charge in [0.25, 0.3) is 0 Å². The van der Waals surface area contributed by atoms with Crippen molar-refractivity contribution < 1.29 is 30.7 Å². The number of nitrogens with one attached hydrogen (secondary N) is 1. The number of hydrogen-bond donors (Lipinski definition) is 1. The van der Waals surface area contributed by atoms with Crippen LogP contribution in [0.15, 0.2) is 42.6 Å². The highest BCUT2D eigenvalue weighted by molar-refractivity contribution is 7.90. The predicted octanol–water partition coefficient (Wildman–Crippen LogP) is 6.42. The van der Waals surface area contributed by atoms with Crippen LogP contribution in [0.2, 0.25) is 0 Å². The van der Waals surface area contributed by atoms with E-state index in [0.717, 1.165) is 12.5 Å². The van der Waals surface area contributed by atoms with E-state index in [1.54, 1.807) is 24.8 Å². The molecule has 0 bridgehead atoms. The number of alkyl halides is 3. The maximum atomic E-state index is 15.4. The van der Waals surface area contributed by atoms with Crippen molar-refractivity contribution in [1.82, 2.24) is 9.29 Å². The lowest BCUT2D eigenvalue weighted by Crippen LogP contribution is -2.39. The van der Waals surface area contributed by atoms with Gasteiger partial charge in [-0.05, 0) is 62.9 Å². The number of halogens is 4. The zero-order valence-electron chi connectivity index (χ0n) is 20.6. The molecule has 4 rings (SSSR count). The van der Waals surface area contributed by atoms with Gasteiger partial charge in [-0.15, -0.1) is 0 Å². The fourth-order valence-corrected chi connectivity index (χ4v) is 6.31. The Balaban J connectivity index is 1.87. The minimum Gasteiger partial charge on any atom is -0.377 e. The van der Waals surface area contributed by atoms with E-state index in [2.05, 4.69) is 4.72 Å². The van der Waals surface area contributed by atoms with Crippen LogP contribution in [0.5, 0.6) is 0 Å². The van der Waals surface area contributed by atoms with Gasteiger partial charge in [0.15, 0.2) is 0 Å². The summed E-state index contributed by atoms with van der Waals surface area (Å²) in [6.07, 6.45) is -0.876. The van der Waals surface area contributed by atoms with E-state index in [4.69, 9.17) is 4.74 Å². The molecule has 1 heterocycles. The number of nitrogens with zero attached hydrogens (tertiary/aromatic N) is 1. The minimum absolute atomic E-state index is 0.181. The summed E-state index contributed by atoms with van der Waals surface area (Å²) >= 11 is 0. The fourth-order valence-electron chi connectivity index (χ4n) is 4.55. The first-order valence-corrected chi connectivity index (χ1v) is 13.3. The Kier molecular flexibility index (Phi) is 7.00. The molecule has 0 unspecified atom stereocenters. The molecule has 1 aromatic heterocycles. The largest absolute Gasteiger partial charge is 0.417 e. The standard InChI is InChI=1S/C26H30F4N2O3S/c1-16(31-36(33,34)17-8-7-9-17)21-14-32(15-25(2,3)35-4)24-13-19(23(27)12-20(21)24)18-10-5-6-11-22(18)26(28,29)30/h5-6,10-14,16-17,31H,7-9,15H2,1-4H3/t16-/m1/s1. The van der Waals surface area contributed by atoms with Gasteiger partial charge in [-0.25, -0.2) is 17.5 Å². The second-order valence-corrected chi connectivity index (χ2v) is 12.0. The Bertz CT molecular complexity index is 1380. The van der Waals surface area contributed by atoms with Crippen molar-refractivity contribution in [2.75, 3.05) is 7.11 Å². The van der Waals surface area contributed by atoms with Crippen LogP contribution < -0.4 is 4.72 Å². The average molecular weight is 527 g/mol. The number of aromatic nitrogens is 1. The predicted molar refractivity (Wildman–Crippen MR) is 132 cm³/mol. The highest BCUT2D eigenvalue weighted by atomic mass is 32.2. The smallest absolute Gasteiger partial charge is 0.377 e. The van der Waals surface area contributed by atoms with Crippen LogP contribution in [-0.4, -0.2) is 30.9 Å². The Morgan fingerprint density at radius 2 is 1.81 bits per heavy atom. The van der Waals surface area contributed by atoms with Crippen LogP contribution >= 0.6 is 0 Å². The van der Waals surface area contributed by atoms with E-state index in [1.165, 1.54) is 30.3 Å². The van der Waals surface area contributed by atoms with E-state index in [-0.39, 0.29) is 11.1 Å². The number of rotatable bonds is 8. The molecule has 1 aliphatic carbocycles. The van der Waals surface area contributed by atoms with E-state index >= 15 is 4.39 Å². The van der Waals surface area contributed by atoms with Gasteiger partial charge >= 0.3 is 6.18 Å². The summed E-state index contributed by atoms with van der Waals surface area (Å²) in [4.78, 5) is 0. The van der Waals surface area contributed by atoms with Crippen molar-refractivity contribution in [3.05, 3.63) is 59.5 Å². The zero-order chi connectivity index (χ0) is 26.5. The molecule has 2 aromatic carbocycles. The quantitative estimate of drug-likeness (QED) is 0.345. The van der Waals surface area contributed by atoms with Gasteiger partial charge in [-0.2, -0.15) is 13.2 Å². The molecule has 1 atom stereocenters. The van der Waals surface area contributed by atoms with Crippen LogP contribution in [-0.2, 0) is 27.5 Å². The second-order valence-electron chi connectivity index (χ2n) is 10.0. The van der Waals surface area contributed by atoms with Crippen LogP contribution in [0.4, 0.5) is 17.6 Å². The molecule has 1 fully saturated rings. The van der Waals surface area contributed by atoms with E-state index < -0.39 is 44.5 Å². The van der Waals surface area contributed by atoms with Crippen LogP contribution in [0.25, 0.3) is 22.0 Å². The van der Waals surface area contributed by atoms with Crippen molar-refractivity contribution in [2.24, 2.45) is 0 Å². The van der Waals surface area contributed by atoms with Gasteiger partial charge in [0, 0.05) is 35.8 Å². The molecule has 1 N–H and O–H groups in total. The number of hydrogen-bond acceptors (Lipinski definition) is 3. The lowest BCUT2D eigenvalue weighted by Gasteiger charge is -2.27. The molecule has 36 heavy (non-hydrogen) atoms. The van der Waals surface area contributed by atoms with Crippen LogP contribution in [0, 0.1) is 5.82 Å². The zero-order valence-corrected chi connectivity index (χ0v) is 21.4. The summed E-state index contributed by atoms with van der Waals surface area (Å²) in [6.45, 7) is 5.70. The highest BCUT2D eigenvalue weighted by Gasteiger charge is 2.35. The molecule has 5 nitrogen and oxygen atoms in total. The molecule has 10 heteroatoms. The number of methoxy groups -OCH3 is 1. The molecule has 0 radical (unpaired) electrons. The first-order valence-electron chi connectivity index (χ1n) is 11.8. The molecular formula is C26H30F4N2O3S. The maximum Gasteiger partial charge on any atom is 0.417 e. The number of benzene rings is 2. The van der Waals surface area contributed by atoms with Gasteiger partial charge in [0.2, 0.25) is 10.0 Å². The summed E-state index contributed by atoms with van der Waals surface area (Å²) in [6, 6.07) is 6.79. The summed E-state index contributed by atoms with van der Waals surface area (Å²) in [5.74, 6) is -0.821. The summed E-state index contributed by atoms with van der Waals surface area (Å²) in [5, 5.41) is -0.0145. The molecule has 1 aliphatic rings. The van der Waals surface area contributed by atoms with Crippen molar-refractivity contribution >= 4 is 20.9 Å². The first kappa shape index (κ1) is 26.6. The third-order valence-corrected chi connectivity index (χ3v) is 8.96. The lowest BCUT2D eigenvalue weighted by molar-refractivity contribution is -0.137. The van der Waals surface area contributed by atoms with Gasteiger partial charge in [0.1, 0.15) is 5.82 Å². The first-order chi connectivity index (χ1) is 16.7. The molecule has 196 valence electrons. The third kappa shape index (κ3) is 5.17. The minimum atomic E-state index is -4.66. The Morgan fingerprint density at radius 3 is 2.39 bits per heavy atom. The maximum absolute atomic E-state index is 15.4. The van der Waals surface area contributed by atoms with Crippen molar-refractivity contribution in [3.63, 3.8) is 0 Å². The molecular weight excluding hydrogens is 496 g/mol. The third-order valence-electron chi connectivity index (χ3n) is 6.93. The SMILES string of the molecule is COC(C)(C)Cn1cc([C@@H](C)NS(=O)(=O)C2CCC2)c2cc(F)c(-c3ccccc3C(F)(F)F)cc21. The topological polar surface area (TPSA) is 60.3 Å². The number of sulfonamides is 1. The molecule has 1 saturated carbocycles. The van der Waals surface area contributed by atoms with Crippen LogP contribution in [0.1, 0.15) is 57.2 Å². The number of ether oxygens (including phenoxy) is 1. The molecule has 0 saturated heterocycles. The van der Waals surface area contributed by atoms with Gasteiger partial charge in [-0.1, -0.05) is 24.6 Å². The molecule has 0 aliphatic heterocycles. The second kappa shape index (κ2) is 9.46. The monoisotopic (exact) mass is 526 g/mol. The van der Waals surface area contributed by atoms with E-state index in [9.17, 15) is 21.6 Å². The fraction of sp³-hybridized carbons (Fsp3) is 0.462. The Hall–Kier alpha value is -2.43. The van der Waals surface area contributed by atoms with Gasteiger partial charge in [-0.3, -0.25) is 0 Å². The van der Waals surface area contributed by atoms with Crippen LogP contribution in [0.3, 0.4) is 0 Å². The lowest BCUT2D eigenvalue weighted by atomic mass is 9.96. The van der Waals surface area contributed by atoms with E-state index in [1.807, 2.05) is 13.8 Å². The summed E-state index contributed by atoms with van der Waals surface area (Å²) < 4.78 is 92.0. The number of fused-ring (bicyclic) bond motifs is 1. The van der Waals surface area contributed by atoms with Crippen molar-refractivity contribution in [1.29, 1.82) is 0 Å². The summed E-state index contributed by atoms with van der Waals surface area (Å²) in [5.41, 5.74) is -0.994. The van der Waals surface area contributed by atoms with Gasteiger partial charge in [0.05, 0.1) is 23.0 Å². The van der Waals surface area contributed by atoms with Gasteiger partial charge < -0.3 is 9.30 Å². The van der Waals surface area contributed by atoms with Crippen molar-refractivity contribution in [3.8, 4) is 11.1 Å². The average Bonchev–Trinajstić information content (AvgIpc) is 3.07. The molecule has 3 aromatic rings.